The van der Waals surface area contributed by atoms with Gasteiger partial charge in [0.15, 0.2) is 0 Å². The summed E-state index contributed by atoms with van der Waals surface area (Å²) in [5.41, 5.74) is -1.24. The van der Waals surface area contributed by atoms with Gasteiger partial charge in [-0.3, -0.25) is 0 Å². The summed E-state index contributed by atoms with van der Waals surface area (Å²) in [4.78, 5) is 0. The fourth-order valence-corrected chi connectivity index (χ4v) is 6.95. The van der Waals surface area contributed by atoms with E-state index in [2.05, 4.69) is 20.8 Å². The Morgan fingerprint density at radius 1 is 0.958 bits per heavy atom. The number of rotatable bonds is 2. The molecule has 0 radical (unpaired) electrons. The summed E-state index contributed by atoms with van der Waals surface area (Å²) in [6, 6.07) is 0. The van der Waals surface area contributed by atoms with Crippen molar-refractivity contribution < 1.29 is 20.4 Å². The topological polar surface area (TPSA) is 80.9 Å². The third-order valence-electron chi connectivity index (χ3n) is 8.51. The van der Waals surface area contributed by atoms with Crippen LogP contribution in [0.15, 0.2) is 0 Å². The Labute approximate surface area is 146 Å². The van der Waals surface area contributed by atoms with E-state index in [0.717, 1.165) is 38.5 Å². The van der Waals surface area contributed by atoms with Gasteiger partial charge in [-0.05, 0) is 73.0 Å². The van der Waals surface area contributed by atoms with Crippen LogP contribution in [0.25, 0.3) is 0 Å². The molecule has 0 aromatic rings. The van der Waals surface area contributed by atoms with Crippen molar-refractivity contribution in [3.05, 3.63) is 0 Å². The lowest BCUT2D eigenvalue weighted by molar-refractivity contribution is -0.233. The van der Waals surface area contributed by atoms with Gasteiger partial charge in [0.25, 0.3) is 0 Å². The van der Waals surface area contributed by atoms with Crippen LogP contribution in [0.3, 0.4) is 0 Å². The van der Waals surface area contributed by atoms with Gasteiger partial charge in [-0.1, -0.05) is 27.7 Å². The first kappa shape index (κ1) is 18.6. The number of aliphatic hydroxyl groups is 4. The van der Waals surface area contributed by atoms with Crippen molar-refractivity contribution in [1.29, 1.82) is 0 Å². The highest BCUT2D eigenvalue weighted by atomic mass is 16.3. The van der Waals surface area contributed by atoms with Crippen molar-refractivity contribution in [2.24, 2.45) is 28.1 Å². The van der Waals surface area contributed by atoms with E-state index in [1.807, 2.05) is 6.92 Å². The molecule has 0 aliphatic heterocycles. The molecule has 7 atom stereocenters. The van der Waals surface area contributed by atoms with E-state index in [1.165, 1.54) is 0 Å². The van der Waals surface area contributed by atoms with E-state index in [0.29, 0.717) is 12.3 Å². The zero-order valence-electron chi connectivity index (χ0n) is 15.8. The number of aliphatic hydroxyl groups excluding tert-OH is 3. The highest BCUT2D eigenvalue weighted by Crippen LogP contribution is 2.66. The second-order valence-corrected chi connectivity index (χ2v) is 10.2. The fraction of sp³-hybridized carbons (Fsp3) is 1.00. The van der Waals surface area contributed by atoms with Gasteiger partial charge < -0.3 is 20.4 Å². The first-order valence-corrected chi connectivity index (χ1v) is 9.69. The second-order valence-electron chi connectivity index (χ2n) is 10.2. The molecule has 7 unspecified atom stereocenters. The molecule has 4 heteroatoms. The minimum Gasteiger partial charge on any atom is -0.394 e. The maximum atomic E-state index is 11.6. The van der Waals surface area contributed by atoms with Crippen molar-refractivity contribution in [2.75, 3.05) is 6.61 Å². The quantitative estimate of drug-likeness (QED) is 0.622. The summed E-state index contributed by atoms with van der Waals surface area (Å²) in [6.45, 7) is 8.46. The summed E-state index contributed by atoms with van der Waals surface area (Å²) in [6.07, 6.45) is 4.72. The molecule has 3 fully saturated rings. The lowest BCUT2D eigenvalue weighted by Gasteiger charge is -2.65. The van der Waals surface area contributed by atoms with Crippen LogP contribution in [0.1, 0.15) is 72.6 Å². The molecule has 3 aliphatic rings. The van der Waals surface area contributed by atoms with Gasteiger partial charge in [0, 0.05) is 0 Å². The average molecular weight is 341 g/mol. The summed E-state index contributed by atoms with van der Waals surface area (Å²) in [5.74, 6) is 0.639. The second kappa shape index (κ2) is 5.67. The smallest absolute Gasteiger partial charge is 0.0825 e. The molecule has 0 amide bonds. The Hall–Kier alpha value is -0.160. The minimum absolute atomic E-state index is 0.0429. The van der Waals surface area contributed by atoms with E-state index in [-0.39, 0.29) is 29.5 Å². The molecule has 3 rings (SSSR count). The van der Waals surface area contributed by atoms with Crippen LogP contribution < -0.4 is 0 Å². The maximum Gasteiger partial charge on any atom is 0.0825 e. The summed E-state index contributed by atoms with van der Waals surface area (Å²) in [5, 5.41) is 41.7. The van der Waals surface area contributed by atoms with E-state index >= 15 is 0 Å². The first-order chi connectivity index (χ1) is 11.0. The third-order valence-corrected chi connectivity index (χ3v) is 8.51. The Kier molecular flexibility index (Phi) is 4.40. The Morgan fingerprint density at radius 2 is 1.58 bits per heavy atom. The molecule has 0 aromatic heterocycles. The van der Waals surface area contributed by atoms with Gasteiger partial charge in [-0.2, -0.15) is 0 Å². The molecule has 4 N–H and O–H groups in total. The van der Waals surface area contributed by atoms with E-state index in [9.17, 15) is 20.4 Å². The van der Waals surface area contributed by atoms with Crippen LogP contribution in [0.2, 0.25) is 0 Å². The Balaban J connectivity index is 1.91. The van der Waals surface area contributed by atoms with Crippen LogP contribution >= 0.6 is 0 Å². The van der Waals surface area contributed by atoms with Gasteiger partial charge in [0.1, 0.15) is 0 Å². The highest BCUT2D eigenvalue weighted by molar-refractivity contribution is 5.13. The molecule has 3 saturated carbocycles. The van der Waals surface area contributed by atoms with Gasteiger partial charge in [-0.25, -0.2) is 0 Å². The number of hydrogen-bond acceptors (Lipinski definition) is 4. The summed E-state index contributed by atoms with van der Waals surface area (Å²) < 4.78 is 0. The summed E-state index contributed by atoms with van der Waals surface area (Å²) >= 11 is 0. The Morgan fingerprint density at radius 3 is 2.21 bits per heavy atom. The van der Waals surface area contributed by atoms with Crippen LogP contribution in [0.5, 0.6) is 0 Å². The maximum absolute atomic E-state index is 11.6. The first-order valence-electron chi connectivity index (χ1n) is 9.69. The SMILES string of the molecule is CC1(C(O)CO)CCC2C(O)(CCC3C(C)(C)C(O)CCC23C)C1. The van der Waals surface area contributed by atoms with Gasteiger partial charge >= 0.3 is 0 Å². The fourth-order valence-electron chi connectivity index (χ4n) is 6.95. The van der Waals surface area contributed by atoms with Crippen molar-refractivity contribution in [2.45, 2.75) is 90.4 Å². The molecule has 0 spiro atoms. The standard InChI is InChI=1S/C20H36O4/c1-17(2)13-6-10-20(24)12-18(3,16(23)11-21)8-5-14(20)19(13,4)9-7-15(17)22/h13-16,21-24H,5-12H2,1-4H3. The highest BCUT2D eigenvalue weighted by Gasteiger charge is 2.63. The third kappa shape index (κ3) is 2.48. The lowest BCUT2D eigenvalue weighted by Crippen LogP contribution is -2.64. The minimum atomic E-state index is -0.766. The lowest BCUT2D eigenvalue weighted by atomic mass is 9.41. The van der Waals surface area contributed by atoms with Gasteiger partial charge in [-0.15, -0.1) is 0 Å². The van der Waals surface area contributed by atoms with E-state index in [1.54, 1.807) is 0 Å². The van der Waals surface area contributed by atoms with Crippen LogP contribution in [0, 0.1) is 28.1 Å². The van der Waals surface area contributed by atoms with Crippen molar-refractivity contribution in [1.82, 2.24) is 0 Å². The van der Waals surface area contributed by atoms with E-state index < -0.39 is 17.1 Å². The van der Waals surface area contributed by atoms with E-state index in [4.69, 9.17) is 0 Å². The average Bonchev–Trinajstić information content (AvgIpc) is 2.49. The predicted molar refractivity (Wildman–Crippen MR) is 93.3 cm³/mol. The van der Waals surface area contributed by atoms with Gasteiger partial charge in [0.05, 0.1) is 24.4 Å². The molecule has 3 aliphatic carbocycles. The molecule has 24 heavy (non-hydrogen) atoms. The van der Waals surface area contributed by atoms with Crippen molar-refractivity contribution >= 4 is 0 Å². The van der Waals surface area contributed by atoms with Crippen LogP contribution in [-0.2, 0) is 0 Å². The monoisotopic (exact) mass is 340 g/mol. The predicted octanol–water partition coefficient (Wildman–Crippen LogP) is 2.47. The van der Waals surface area contributed by atoms with Gasteiger partial charge in [0.2, 0.25) is 0 Å². The zero-order chi connectivity index (χ0) is 18.0. The largest absolute Gasteiger partial charge is 0.394 e. The van der Waals surface area contributed by atoms with Crippen LogP contribution in [-0.4, -0.2) is 44.8 Å². The number of fused-ring (bicyclic) bond motifs is 3. The zero-order valence-corrected chi connectivity index (χ0v) is 15.8. The number of hydrogen-bond donors (Lipinski definition) is 4. The van der Waals surface area contributed by atoms with Crippen molar-refractivity contribution in [3.8, 4) is 0 Å². The summed E-state index contributed by atoms with van der Waals surface area (Å²) in [7, 11) is 0. The molecule has 0 bridgehead atoms. The molecule has 0 saturated heterocycles. The van der Waals surface area contributed by atoms with Crippen molar-refractivity contribution in [3.63, 3.8) is 0 Å². The normalized spacial score (nSPS) is 52.2. The molecular weight excluding hydrogens is 304 g/mol. The van der Waals surface area contributed by atoms with Crippen LogP contribution in [0.4, 0.5) is 0 Å². The molecular formula is C20H36O4. The molecule has 0 heterocycles. The Bertz CT molecular complexity index is 492. The molecule has 140 valence electrons. The molecule has 0 aromatic carbocycles. The molecule has 4 nitrogen and oxygen atoms in total.